The van der Waals surface area contributed by atoms with Gasteiger partial charge in [0.25, 0.3) is 0 Å². The van der Waals surface area contributed by atoms with Crippen molar-refractivity contribution in [3.8, 4) is 11.8 Å². The Kier molecular flexibility index (Phi) is 12.8. The molecule has 0 N–H and O–H groups in total. The van der Waals surface area contributed by atoms with Crippen molar-refractivity contribution in [2.24, 2.45) is 0 Å². The predicted molar refractivity (Wildman–Crippen MR) is 66.4 cm³/mol. The van der Waals surface area contributed by atoms with E-state index in [4.69, 9.17) is 0 Å². The predicted octanol–water partition coefficient (Wildman–Crippen LogP) is 4.42. The van der Waals surface area contributed by atoms with E-state index in [1.165, 1.54) is 5.56 Å². The second-order valence-electron chi connectivity index (χ2n) is 2.24. The fourth-order valence-electron chi connectivity index (χ4n) is 0.781. The lowest BCUT2D eigenvalue weighted by molar-refractivity contribution is 1.46. The van der Waals surface area contributed by atoms with Crippen molar-refractivity contribution in [3.63, 3.8) is 0 Å². The second-order valence-corrected chi connectivity index (χ2v) is 2.24. The van der Waals surface area contributed by atoms with Crippen LogP contribution >= 0.6 is 0 Å². The van der Waals surface area contributed by atoms with Gasteiger partial charge in [-0.2, -0.15) is 0 Å². The van der Waals surface area contributed by atoms with Gasteiger partial charge in [-0.25, -0.2) is 0 Å². The second kappa shape index (κ2) is 11.8. The van der Waals surface area contributed by atoms with Crippen molar-refractivity contribution in [1.29, 1.82) is 0 Å². The summed E-state index contributed by atoms with van der Waals surface area (Å²) in [4.78, 5) is 0. The smallest absolute Gasteiger partial charge is 0.0245 e. The topological polar surface area (TPSA) is 0 Å². The fourth-order valence-corrected chi connectivity index (χ4v) is 0.781. The average Bonchev–Trinajstić information content (AvgIpc) is 2.28. The van der Waals surface area contributed by atoms with E-state index in [0.29, 0.717) is 0 Å². The summed E-state index contributed by atoms with van der Waals surface area (Å²) < 4.78 is 0. The van der Waals surface area contributed by atoms with Gasteiger partial charge in [0.2, 0.25) is 0 Å². The Hall–Kier alpha value is -1.22. The minimum atomic E-state index is 1.09. The van der Waals surface area contributed by atoms with Crippen LogP contribution in [0.5, 0.6) is 0 Å². The highest BCUT2D eigenvalue weighted by atomic mass is 13.9. The van der Waals surface area contributed by atoms with Crippen LogP contribution in [0.2, 0.25) is 0 Å². The van der Waals surface area contributed by atoms with Crippen molar-refractivity contribution in [2.75, 3.05) is 0 Å². The van der Waals surface area contributed by atoms with Gasteiger partial charge >= 0.3 is 0 Å². The molecule has 0 atom stereocenters. The molecule has 0 aromatic heterocycles. The Labute approximate surface area is 89.4 Å². The highest BCUT2D eigenvalue weighted by Crippen LogP contribution is 2.00. The molecular weight excluding hydrogens is 168 g/mol. The number of benzene rings is 1. The van der Waals surface area contributed by atoms with Gasteiger partial charge in [-0.3, -0.25) is 0 Å². The summed E-state index contributed by atoms with van der Waals surface area (Å²) >= 11 is 0. The van der Waals surface area contributed by atoms with E-state index in [1.807, 2.05) is 46.8 Å². The molecule has 1 aromatic carbocycles. The molecular formula is C14H22. The Balaban J connectivity index is 0. The van der Waals surface area contributed by atoms with Gasteiger partial charge in [0, 0.05) is 5.56 Å². The summed E-state index contributed by atoms with van der Waals surface area (Å²) in [6, 6.07) is 8.21. The first-order valence-electron chi connectivity index (χ1n) is 5.32. The standard InChI is InChI=1S/C10H10.2C2H6/c1-3-4-10-7-5-9(2)6-8-10;2*1-2/h5-8H,1-2H3;2*1-2H3. The van der Waals surface area contributed by atoms with Gasteiger partial charge in [-0.1, -0.05) is 51.3 Å². The van der Waals surface area contributed by atoms with Crippen LogP contribution < -0.4 is 0 Å². The summed E-state index contributed by atoms with van der Waals surface area (Å²) in [5.74, 6) is 5.84. The number of hydrogen-bond acceptors (Lipinski definition) is 0. The Morgan fingerprint density at radius 2 is 1.29 bits per heavy atom. The first-order chi connectivity index (χ1) is 6.83. The summed E-state index contributed by atoms with van der Waals surface area (Å²) in [5.41, 5.74) is 2.37. The lowest BCUT2D eigenvalue weighted by Crippen LogP contribution is -1.73. The Bertz CT molecular complexity index is 256. The maximum absolute atomic E-state index is 2.98. The van der Waals surface area contributed by atoms with E-state index < -0.39 is 0 Å². The molecule has 0 radical (unpaired) electrons. The molecule has 0 aliphatic heterocycles. The third kappa shape index (κ3) is 7.43. The first-order valence-corrected chi connectivity index (χ1v) is 5.32. The number of aryl methyl sites for hydroxylation is 1. The van der Waals surface area contributed by atoms with Gasteiger partial charge in [-0.15, -0.1) is 5.92 Å². The van der Waals surface area contributed by atoms with Gasteiger partial charge in [0.1, 0.15) is 0 Å². The molecule has 14 heavy (non-hydrogen) atoms. The maximum Gasteiger partial charge on any atom is 0.0245 e. The SMILES string of the molecule is CC.CC.CC#Cc1ccc(C)cc1. The quantitative estimate of drug-likeness (QED) is 0.531. The Morgan fingerprint density at radius 1 is 0.857 bits per heavy atom. The number of rotatable bonds is 0. The molecule has 0 heteroatoms. The minimum Gasteiger partial charge on any atom is -0.101 e. The lowest BCUT2D eigenvalue weighted by Gasteiger charge is -1.90. The molecule has 0 heterocycles. The van der Waals surface area contributed by atoms with E-state index >= 15 is 0 Å². The zero-order chi connectivity index (χ0) is 11.4. The van der Waals surface area contributed by atoms with Crippen LogP contribution in [-0.4, -0.2) is 0 Å². The molecule has 0 bridgehead atoms. The van der Waals surface area contributed by atoms with E-state index in [0.717, 1.165) is 5.56 Å². The van der Waals surface area contributed by atoms with Gasteiger partial charge in [-0.05, 0) is 26.0 Å². The van der Waals surface area contributed by atoms with E-state index in [1.54, 1.807) is 0 Å². The van der Waals surface area contributed by atoms with Crippen LogP contribution in [0, 0.1) is 18.8 Å². The molecule has 0 fully saturated rings. The molecule has 1 rings (SSSR count). The van der Waals surface area contributed by atoms with Crippen LogP contribution in [0.4, 0.5) is 0 Å². The van der Waals surface area contributed by atoms with Gasteiger partial charge in [0.05, 0.1) is 0 Å². The lowest BCUT2D eigenvalue weighted by atomic mass is 10.2. The van der Waals surface area contributed by atoms with E-state index in [9.17, 15) is 0 Å². The van der Waals surface area contributed by atoms with Crippen LogP contribution in [0.25, 0.3) is 0 Å². The molecule has 0 unspecified atom stereocenters. The van der Waals surface area contributed by atoms with Crippen molar-refractivity contribution < 1.29 is 0 Å². The minimum absolute atomic E-state index is 1.09. The average molecular weight is 190 g/mol. The summed E-state index contributed by atoms with van der Waals surface area (Å²) in [6.07, 6.45) is 0. The van der Waals surface area contributed by atoms with Crippen molar-refractivity contribution in [3.05, 3.63) is 35.4 Å². The van der Waals surface area contributed by atoms with Gasteiger partial charge < -0.3 is 0 Å². The van der Waals surface area contributed by atoms with Crippen LogP contribution in [0.1, 0.15) is 45.7 Å². The summed E-state index contributed by atoms with van der Waals surface area (Å²) in [6.45, 7) is 11.9. The van der Waals surface area contributed by atoms with Crippen LogP contribution in [-0.2, 0) is 0 Å². The van der Waals surface area contributed by atoms with Crippen molar-refractivity contribution in [1.82, 2.24) is 0 Å². The van der Waals surface area contributed by atoms with Crippen LogP contribution in [0.3, 0.4) is 0 Å². The normalized spacial score (nSPS) is 6.71. The molecule has 0 spiro atoms. The third-order valence-corrected chi connectivity index (χ3v) is 1.32. The highest BCUT2D eigenvalue weighted by molar-refractivity contribution is 5.35. The van der Waals surface area contributed by atoms with Gasteiger partial charge in [0.15, 0.2) is 0 Å². The highest BCUT2D eigenvalue weighted by Gasteiger charge is 1.83. The van der Waals surface area contributed by atoms with E-state index in [-0.39, 0.29) is 0 Å². The summed E-state index contributed by atoms with van der Waals surface area (Å²) in [7, 11) is 0. The molecule has 0 nitrogen and oxygen atoms in total. The maximum atomic E-state index is 2.98. The molecule has 0 saturated carbocycles. The van der Waals surface area contributed by atoms with Crippen LogP contribution in [0.15, 0.2) is 24.3 Å². The molecule has 1 aromatic rings. The molecule has 0 aliphatic rings. The van der Waals surface area contributed by atoms with Crippen molar-refractivity contribution in [2.45, 2.75) is 41.5 Å². The monoisotopic (exact) mass is 190 g/mol. The molecule has 0 saturated heterocycles. The molecule has 0 aliphatic carbocycles. The largest absolute Gasteiger partial charge is 0.101 e. The fraction of sp³-hybridized carbons (Fsp3) is 0.429. The molecule has 0 amide bonds. The molecule has 78 valence electrons. The van der Waals surface area contributed by atoms with Crippen molar-refractivity contribution >= 4 is 0 Å². The Morgan fingerprint density at radius 3 is 1.64 bits per heavy atom. The third-order valence-electron chi connectivity index (χ3n) is 1.32. The zero-order valence-corrected chi connectivity index (χ0v) is 10.3. The number of hydrogen-bond donors (Lipinski definition) is 0. The summed E-state index contributed by atoms with van der Waals surface area (Å²) in [5, 5.41) is 0. The first kappa shape index (κ1) is 15.3. The van der Waals surface area contributed by atoms with E-state index in [2.05, 4.69) is 30.9 Å². The zero-order valence-electron chi connectivity index (χ0n) is 10.3.